The van der Waals surface area contributed by atoms with Gasteiger partial charge in [-0.15, -0.1) is 0 Å². The molecule has 0 aliphatic carbocycles. The first-order chi connectivity index (χ1) is 7.04. The van der Waals surface area contributed by atoms with Crippen LogP contribution in [0.4, 0.5) is 4.39 Å². The summed E-state index contributed by atoms with van der Waals surface area (Å²) in [5.74, 6) is -0.146. The molecule has 0 heterocycles. The van der Waals surface area contributed by atoms with Crippen molar-refractivity contribution >= 4 is 0 Å². The summed E-state index contributed by atoms with van der Waals surface area (Å²) in [5.41, 5.74) is 0.637. The minimum Gasteiger partial charge on any atom is -0.508 e. The van der Waals surface area contributed by atoms with E-state index in [1.54, 1.807) is 0 Å². The summed E-state index contributed by atoms with van der Waals surface area (Å²) in [6.45, 7) is 4.78. The maximum absolute atomic E-state index is 13.0. The third-order valence-electron chi connectivity index (χ3n) is 2.80. The van der Waals surface area contributed by atoms with E-state index in [-0.39, 0.29) is 11.6 Å². The lowest BCUT2D eigenvalue weighted by Gasteiger charge is -2.23. The Bertz CT molecular complexity index is 327. The lowest BCUT2D eigenvalue weighted by Crippen LogP contribution is -2.27. The Balaban J connectivity index is 2.75. The van der Waals surface area contributed by atoms with Gasteiger partial charge in [-0.3, -0.25) is 4.90 Å². The molecule has 1 aromatic rings. The van der Waals surface area contributed by atoms with Gasteiger partial charge in [0, 0.05) is 18.2 Å². The SMILES string of the molecule is CCC(C)N(C)Cc1cc(F)ccc1O. The molecule has 0 spiro atoms. The van der Waals surface area contributed by atoms with Gasteiger partial charge in [-0.25, -0.2) is 4.39 Å². The Morgan fingerprint density at radius 1 is 1.47 bits per heavy atom. The Kier molecular flexibility index (Phi) is 4.09. The number of benzene rings is 1. The molecule has 0 bridgehead atoms. The molecule has 0 saturated carbocycles. The average molecular weight is 211 g/mol. The topological polar surface area (TPSA) is 23.5 Å². The molecule has 1 atom stereocenters. The largest absolute Gasteiger partial charge is 0.508 e. The minimum absolute atomic E-state index is 0.159. The summed E-state index contributed by atoms with van der Waals surface area (Å²) in [5, 5.41) is 9.54. The van der Waals surface area contributed by atoms with Crippen molar-refractivity contribution in [2.45, 2.75) is 32.9 Å². The van der Waals surface area contributed by atoms with Gasteiger partial charge in [0.25, 0.3) is 0 Å². The second-order valence-electron chi connectivity index (χ2n) is 3.95. The van der Waals surface area contributed by atoms with E-state index in [1.165, 1.54) is 18.2 Å². The predicted octanol–water partition coefficient (Wildman–Crippen LogP) is 2.76. The molecule has 0 aliphatic rings. The van der Waals surface area contributed by atoms with E-state index in [0.29, 0.717) is 18.2 Å². The van der Waals surface area contributed by atoms with Crippen molar-refractivity contribution in [3.8, 4) is 5.75 Å². The van der Waals surface area contributed by atoms with Crippen LogP contribution in [-0.4, -0.2) is 23.1 Å². The van der Waals surface area contributed by atoms with Gasteiger partial charge in [0.2, 0.25) is 0 Å². The zero-order chi connectivity index (χ0) is 11.4. The monoisotopic (exact) mass is 211 g/mol. The molecule has 0 aromatic heterocycles. The molecular formula is C12H18FNO. The van der Waals surface area contributed by atoms with Crippen molar-refractivity contribution in [3.63, 3.8) is 0 Å². The highest BCUT2D eigenvalue weighted by Crippen LogP contribution is 2.20. The van der Waals surface area contributed by atoms with Gasteiger partial charge < -0.3 is 5.11 Å². The molecule has 1 N–H and O–H groups in total. The van der Waals surface area contributed by atoms with Gasteiger partial charge in [0.05, 0.1) is 0 Å². The van der Waals surface area contributed by atoms with E-state index in [9.17, 15) is 9.50 Å². The van der Waals surface area contributed by atoms with E-state index in [2.05, 4.69) is 18.7 Å². The van der Waals surface area contributed by atoms with Crippen LogP contribution in [-0.2, 0) is 6.54 Å². The Hall–Kier alpha value is -1.09. The molecule has 3 heteroatoms. The summed E-state index contributed by atoms with van der Waals surface area (Å²) < 4.78 is 13.0. The Labute approximate surface area is 90.3 Å². The van der Waals surface area contributed by atoms with Crippen molar-refractivity contribution in [3.05, 3.63) is 29.6 Å². The van der Waals surface area contributed by atoms with Crippen molar-refractivity contribution < 1.29 is 9.50 Å². The lowest BCUT2D eigenvalue weighted by atomic mass is 10.1. The summed E-state index contributed by atoms with van der Waals surface area (Å²) in [6, 6.07) is 4.47. The molecule has 2 nitrogen and oxygen atoms in total. The number of phenols is 1. The maximum atomic E-state index is 13.0. The number of nitrogens with zero attached hydrogens (tertiary/aromatic N) is 1. The Morgan fingerprint density at radius 3 is 2.73 bits per heavy atom. The van der Waals surface area contributed by atoms with Crippen LogP contribution in [0.2, 0.25) is 0 Å². The Morgan fingerprint density at radius 2 is 2.13 bits per heavy atom. The highest BCUT2D eigenvalue weighted by atomic mass is 19.1. The zero-order valence-electron chi connectivity index (χ0n) is 9.50. The van der Waals surface area contributed by atoms with E-state index < -0.39 is 0 Å². The number of halogens is 1. The summed E-state index contributed by atoms with van der Waals surface area (Å²) in [7, 11) is 1.97. The van der Waals surface area contributed by atoms with Crippen LogP contribution in [0.5, 0.6) is 5.75 Å². The van der Waals surface area contributed by atoms with Crippen molar-refractivity contribution in [2.75, 3.05) is 7.05 Å². The molecule has 0 amide bonds. The number of phenolic OH excluding ortho intramolecular Hbond substituents is 1. The number of rotatable bonds is 4. The molecule has 0 fully saturated rings. The fraction of sp³-hybridized carbons (Fsp3) is 0.500. The van der Waals surface area contributed by atoms with Crippen LogP contribution < -0.4 is 0 Å². The van der Waals surface area contributed by atoms with Gasteiger partial charge in [-0.2, -0.15) is 0 Å². The number of aromatic hydroxyl groups is 1. The average Bonchev–Trinajstić information content (AvgIpc) is 2.22. The molecule has 1 unspecified atom stereocenters. The van der Waals surface area contributed by atoms with Crippen molar-refractivity contribution in [1.82, 2.24) is 4.90 Å². The second kappa shape index (κ2) is 5.12. The summed E-state index contributed by atoms with van der Waals surface area (Å²) in [6.07, 6.45) is 1.03. The first kappa shape index (κ1) is 12.0. The molecule has 0 aliphatic heterocycles. The maximum Gasteiger partial charge on any atom is 0.123 e. The highest BCUT2D eigenvalue weighted by Gasteiger charge is 2.10. The van der Waals surface area contributed by atoms with Gasteiger partial charge in [-0.1, -0.05) is 6.92 Å². The summed E-state index contributed by atoms with van der Waals surface area (Å²) in [4.78, 5) is 2.09. The van der Waals surface area contributed by atoms with E-state index in [4.69, 9.17) is 0 Å². The summed E-state index contributed by atoms with van der Waals surface area (Å²) >= 11 is 0. The predicted molar refractivity (Wildman–Crippen MR) is 59.3 cm³/mol. The quantitative estimate of drug-likeness (QED) is 0.827. The van der Waals surface area contributed by atoms with E-state index >= 15 is 0 Å². The second-order valence-corrected chi connectivity index (χ2v) is 3.95. The molecule has 84 valence electrons. The third kappa shape index (κ3) is 3.20. The van der Waals surface area contributed by atoms with Crippen LogP contribution >= 0.6 is 0 Å². The molecule has 1 rings (SSSR count). The van der Waals surface area contributed by atoms with Crippen LogP contribution in [0, 0.1) is 5.82 Å². The smallest absolute Gasteiger partial charge is 0.123 e. The first-order valence-corrected chi connectivity index (χ1v) is 5.22. The van der Waals surface area contributed by atoms with Crippen LogP contribution in [0.25, 0.3) is 0 Å². The molecule has 0 radical (unpaired) electrons. The first-order valence-electron chi connectivity index (χ1n) is 5.22. The van der Waals surface area contributed by atoms with Crippen molar-refractivity contribution in [2.24, 2.45) is 0 Å². The standard InChI is InChI=1S/C12H18FNO/c1-4-9(2)14(3)8-10-7-11(13)5-6-12(10)15/h5-7,9,15H,4,8H2,1-3H3. The molecular weight excluding hydrogens is 193 g/mol. The van der Waals surface area contributed by atoms with E-state index in [0.717, 1.165) is 6.42 Å². The van der Waals surface area contributed by atoms with Crippen LogP contribution in [0.15, 0.2) is 18.2 Å². The highest BCUT2D eigenvalue weighted by molar-refractivity contribution is 5.32. The van der Waals surface area contributed by atoms with Gasteiger partial charge in [0.15, 0.2) is 0 Å². The fourth-order valence-corrected chi connectivity index (χ4v) is 1.42. The van der Waals surface area contributed by atoms with Crippen molar-refractivity contribution in [1.29, 1.82) is 0 Å². The number of hydrogen-bond donors (Lipinski definition) is 1. The van der Waals surface area contributed by atoms with Gasteiger partial charge in [0.1, 0.15) is 11.6 Å². The number of hydrogen-bond acceptors (Lipinski definition) is 2. The molecule has 15 heavy (non-hydrogen) atoms. The van der Waals surface area contributed by atoms with E-state index in [1.807, 2.05) is 7.05 Å². The minimum atomic E-state index is -0.305. The van der Waals surface area contributed by atoms with Crippen LogP contribution in [0.3, 0.4) is 0 Å². The fourth-order valence-electron chi connectivity index (χ4n) is 1.42. The lowest BCUT2D eigenvalue weighted by molar-refractivity contribution is 0.240. The zero-order valence-corrected chi connectivity index (χ0v) is 9.50. The molecule has 0 saturated heterocycles. The molecule has 1 aromatic carbocycles. The van der Waals surface area contributed by atoms with Crippen LogP contribution in [0.1, 0.15) is 25.8 Å². The third-order valence-corrected chi connectivity index (χ3v) is 2.80. The van der Waals surface area contributed by atoms with Gasteiger partial charge in [-0.05, 0) is 38.6 Å². The van der Waals surface area contributed by atoms with Gasteiger partial charge >= 0.3 is 0 Å². The normalized spacial score (nSPS) is 13.1.